The first-order valence-corrected chi connectivity index (χ1v) is 7.53. The van der Waals surface area contributed by atoms with E-state index in [2.05, 4.69) is 44.1 Å². The van der Waals surface area contributed by atoms with Gasteiger partial charge < -0.3 is 5.32 Å². The molecule has 2 aromatic rings. The Kier molecular flexibility index (Phi) is 5.04. The third-order valence-corrected chi connectivity index (χ3v) is 4.59. The smallest absolute Gasteiger partial charge is 0.0406 e. The van der Waals surface area contributed by atoms with Gasteiger partial charge in [-0.1, -0.05) is 23.7 Å². The molecule has 1 aromatic heterocycles. The molecule has 0 radical (unpaired) electrons. The second-order valence-corrected chi connectivity index (χ2v) is 5.83. The summed E-state index contributed by atoms with van der Waals surface area (Å²) < 4.78 is 1.20. The Morgan fingerprint density at radius 2 is 1.94 bits per heavy atom. The van der Waals surface area contributed by atoms with Crippen molar-refractivity contribution in [2.24, 2.45) is 0 Å². The summed E-state index contributed by atoms with van der Waals surface area (Å²) >= 11 is 11.1. The Morgan fingerprint density at radius 1 is 1.18 bits per heavy atom. The first-order valence-electron chi connectivity index (χ1n) is 5.41. The van der Waals surface area contributed by atoms with E-state index in [0.29, 0.717) is 0 Å². The zero-order valence-electron chi connectivity index (χ0n) is 9.25. The van der Waals surface area contributed by atoms with Crippen molar-refractivity contribution in [1.29, 1.82) is 0 Å². The van der Waals surface area contributed by atoms with Crippen molar-refractivity contribution >= 4 is 38.9 Å². The zero-order chi connectivity index (χ0) is 12.1. The van der Waals surface area contributed by atoms with Gasteiger partial charge in [-0.25, -0.2) is 0 Å². The van der Waals surface area contributed by atoms with E-state index in [0.717, 1.165) is 24.5 Å². The maximum Gasteiger partial charge on any atom is 0.0406 e. The number of rotatable bonds is 5. The molecular weight excluding hydrogens is 318 g/mol. The highest BCUT2D eigenvalue weighted by Crippen LogP contribution is 2.20. The van der Waals surface area contributed by atoms with Crippen LogP contribution in [0, 0.1) is 0 Å². The van der Waals surface area contributed by atoms with Crippen LogP contribution in [0.5, 0.6) is 0 Å². The Bertz CT molecular complexity index is 467. The summed E-state index contributed by atoms with van der Waals surface area (Å²) in [5.74, 6) is 0. The van der Waals surface area contributed by atoms with Crippen LogP contribution in [0.4, 0.5) is 0 Å². The molecule has 0 aliphatic heterocycles. The summed E-state index contributed by atoms with van der Waals surface area (Å²) in [4.78, 5) is 0. The fourth-order valence-electron chi connectivity index (χ4n) is 1.54. The minimum atomic E-state index is 0.795. The molecule has 0 saturated heterocycles. The highest BCUT2D eigenvalue weighted by Gasteiger charge is 1.99. The minimum Gasteiger partial charge on any atom is -0.312 e. The van der Waals surface area contributed by atoms with Gasteiger partial charge in [0.15, 0.2) is 0 Å². The standard InChI is InChI=1S/C13H13BrClNS/c14-13-9-17-8-11(13)7-16-6-5-10-1-3-12(15)4-2-10/h1-4,8-9,16H,5-7H2. The van der Waals surface area contributed by atoms with Gasteiger partial charge in [-0.15, -0.1) is 0 Å². The van der Waals surface area contributed by atoms with Gasteiger partial charge in [-0.3, -0.25) is 0 Å². The number of benzene rings is 1. The molecule has 0 atom stereocenters. The first kappa shape index (κ1) is 13.1. The molecule has 0 aliphatic rings. The monoisotopic (exact) mass is 329 g/mol. The topological polar surface area (TPSA) is 12.0 Å². The number of hydrogen-bond donors (Lipinski definition) is 1. The Hall–Kier alpha value is -0.350. The third kappa shape index (κ3) is 4.11. The van der Waals surface area contributed by atoms with Crippen molar-refractivity contribution in [3.05, 3.63) is 55.6 Å². The largest absolute Gasteiger partial charge is 0.312 e. The van der Waals surface area contributed by atoms with Crippen molar-refractivity contribution in [1.82, 2.24) is 5.32 Å². The summed E-state index contributed by atoms with van der Waals surface area (Å²) in [5.41, 5.74) is 2.64. The molecule has 0 unspecified atom stereocenters. The zero-order valence-corrected chi connectivity index (χ0v) is 12.4. The quantitative estimate of drug-likeness (QED) is 0.796. The summed E-state index contributed by atoms with van der Waals surface area (Å²) in [6.45, 7) is 1.89. The summed E-state index contributed by atoms with van der Waals surface area (Å²) in [7, 11) is 0. The van der Waals surface area contributed by atoms with E-state index in [1.807, 2.05) is 12.1 Å². The van der Waals surface area contributed by atoms with Crippen molar-refractivity contribution < 1.29 is 0 Å². The predicted molar refractivity (Wildman–Crippen MR) is 78.9 cm³/mol. The normalized spacial score (nSPS) is 10.7. The lowest BCUT2D eigenvalue weighted by Crippen LogP contribution is -2.16. The number of hydrogen-bond acceptors (Lipinski definition) is 2. The molecule has 0 aliphatic carbocycles. The molecule has 0 fully saturated rings. The van der Waals surface area contributed by atoms with Crippen molar-refractivity contribution in [2.75, 3.05) is 6.54 Å². The molecule has 17 heavy (non-hydrogen) atoms. The first-order chi connectivity index (χ1) is 8.25. The minimum absolute atomic E-state index is 0.795. The molecule has 1 aromatic carbocycles. The molecule has 0 bridgehead atoms. The average molecular weight is 331 g/mol. The summed E-state index contributed by atoms with van der Waals surface area (Å²) in [6.07, 6.45) is 1.03. The Morgan fingerprint density at radius 3 is 2.59 bits per heavy atom. The number of thiophene rings is 1. The molecule has 0 amide bonds. The van der Waals surface area contributed by atoms with Crippen LogP contribution in [0.2, 0.25) is 5.02 Å². The highest BCUT2D eigenvalue weighted by molar-refractivity contribution is 9.10. The molecule has 1 N–H and O–H groups in total. The molecule has 2 rings (SSSR count). The van der Waals surface area contributed by atoms with Gasteiger partial charge in [0.25, 0.3) is 0 Å². The molecule has 0 spiro atoms. The fourth-order valence-corrected chi connectivity index (χ4v) is 3.11. The predicted octanol–water partition coefficient (Wildman–Crippen LogP) is 4.50. The fraction of sp³-hybridized carbons (Fsp3) is 0.231. The van der Waals surface area contributed by atoms with Gasteiger partial charge in [0.05, 0.1) is 0 Å². The van der Waals surface area contributed by atoms with Crippen molar-refractivity contribution in [2.45, 2.75) is 13.0 Å². The lowest BCUT2D eigenvalue weighted by Gasteiger charge is -2.04. The molecule has 4 heteroatoms. The van der Waals surface area contributed by atoms with E-state index in [9.17, 15) is 0 Å². The number of halogens is 2. The van der Waals surface area contributed by atoms with Crippen LogP contribution in [0.1, 0.15) is 11.1 Å². The second-order valence-electron chi connectivity index (χ2n) is 3.80. The van der Waals surface area contributed by atoms with Crippen LogP contribution in [0.15, 0.2) is 39.5 Å². The highest BCUT2D eigenvalue weighted by atomic mass is 79.9. The Labute approximate surface area is 119 Å². The van der Waals surface area contributed by atoms with Crippen LogP contribution in [-0.4, -0.2) is 6.54 Å². The number of nitrogens with one attached hydrogen (secondary N) is 1. The van der Waals surface area contributed by atoms with Crippen LogP contribution < -0.4 is 5.32 Å². The average Bonchev–Trinajstić information content (AvgIpc) is 2.73. The third-order valence-electron chi connectivity index (χ3n) is 2.51. The van der Waals surface area contributed by atoms with Crippen molar-refractivity contribution in [3.63, 3.8) is 0 Å². The van der Waals surface area contributed by atoms with E-state index in [1.165, 1.54) is 15.6 Å². The Balaban J connectivity index is 1.73. The van der Waals surface area contributed by atoms with E-state index in [4.69, 9.17) is 11.6 Å². The SMILES string of the molecule is Clc1ccc(CCNCc2cscc2Br)cc1. The van der Waals surface area contributed by atoms with Crippen molar-refractivity contribution in [3.8, 4) is 0 Å². The summed E-state index contributed by atoms with van der Waals surface area (Å²) in [6, 6.07) is 8.02. The van der Waals surface area contributed by atoms with Gasteiger partial charge in [-0.05, 0) is 57.5 Å². The van der Waals surface area contributed by atoms with E-state index < -0.39 is 0 Å². The molecule has 1 nitrogen and oxygen atoms in total. The lowest BCUT2D eigenvalue weighted by molar-refractivity contribution is 0.687. The van der Waals surface area contributed by atoms with Gasteiger partial charge in [0.2, 0.25) is 0 Å². The van der Waals surface area contributed by atoms with Crippen LogP contribution in [0.25, 0.3) is 0 Å². The van der Waals surface area contributed by atoms with Gasteiger partial charge >= 0.3 is 0 Å². The molecule has 1 heterocycles. The van der Waals surface area contributed by atoms with E-state index >= 15 is 0 Å². The van der Waals surface area contributed by atoms with Crippen LogP contribution in [0.3, 0.4) is 0 Å². The van der Waals surface area contributed by atoms with E-state index in [1.54, 1.807) is 11.3 Å². The maximum absolute atomic E-state index is 5.84. The van der Waals surface area contributed by atoms with Gasteiger partial charge in [0, 0.05) is 21.4 Å². The molecule has 90 valence electrons. The molecular formula is C13H13BrClNS. The maximum atomic E-state index is 5.84. The lowest BCUT2D eigenvalue weighted by atomic mass is 10.1. The molecule has 0 saturated carbocycles. The van der Waals surface area contributed by atoms with Crippen LogP contribution >= 0.6 is 38.9 Å². The van der Waals surface area contributed by atoms with Gasteiger partial charge in [-0.2, -0.15) is 11.3 Å². The summed E-state index contributed by atoms with van der Waals surface area (Å²) in [5, 5.41) is 8.50. The van der Waals surface area contributed by atoms with Crippen LogP contribution in [-0.2, 0) is 13.0 Å². The van der Waals surface area contributed by atoms with E-state index in [-0.39, 0.29) is 0 Å². The second kappa shape index (κ2) is 6.55. The van der Waals surface area contributed by atoms with Gasteiger partial charge in [0.1, 0.15) is 0 Å².